The van der Waals surface area contributed by atoms with E-state index in [1.807, 2.05) is 0 Å². The van der Waals surface area contributed by atoms with Crippen LogP contribution in [0.25, 0.3) is 0 Å². The summed E-state index contributed by atoms with van der Waals surface area (Å²) in [4.78, 5) is 9.86. The molecule has 0 radical (unpaired) electrons. The maximum Gasteiger partial charge on any atom is 0.269 e. The van der Waals surface area contributed by atoms with Gasteiger partial charge in [-0.15, -0.1) is 0 Å². The van der Waals surface area contributed by atoms with Crippen molar-refractivity contribution >= 4 is 15.8 Å². The summed E-state index contributed by atoms with van der Waals surface area (Å²) in [5.74, 6) is 5.11. The summed E-state index contributed by atoms with van der Waals surface area (Å²) in [6.07, 6.45) is 0.931. The van der Waals surface area contributed by atoms with Gasteiger partial charge in [0.15, 0.2) is 0 Å². The minimum absolute atomic E-state index is 0.0251. The van der Waals surface area contributed by atoms with Crippen LogP contribution in [0.4, 0.5) is 5.69 Å². The molecule has 0 heterocycles. The van der Waals surface area contributed by atoms with Crippen LogP contribution in [0.3, 0.4) is 0 Å². The third-order valence-electron chi connectivity index (χ3n) is 1.66. The summed E-state index contributed by atoms with van der Waals surface area (Å²) in [5.41, 5.74) is 0.524. The summed E-state index contributed by atoms with van der Waals surface area (Å²) in [6.45, 7) is -0.240. The normalized spacial score (nSPS) is 10.4. The van der Waals surface area contributed by atoms with E-state index in [-0.39, 0.29) is 12.3 Å². The maximum atomic E-state index is 10.6. The molecule has 0 fully saturated rings. The van der Waals surface area contributed by atoms with Gasteiger partial charge in [-0.25, -0.2) is 0 Å². The second kappa shape index (κ2) is 5.43. The highest BCUT2D eigenvalue weighted by Gasteiger charge is 2.02. The van der Waals surface area contributed by atoms with Gasteiger partial charge in [0.25, 0.3) is 15.8 Å². The molecule has 0 bridgehead atoms. The average Bonchev–Trinajstić information content (AvgIpc) is 2.24. The number of nitro benzene ring substituents is 1. The van der Waals surface area contributed by atoms with E-state index in [0.717, 1.165) is 6.26 Å². The SMILES string of the molecule is CS(=O)(=O)OCC#Cc1ccc([N+](=O)[O-])cc1. The van der Waals surface area contributed by atoms with Crippen molar-refractivity contribution in [3.63, 3.8) is 0 Å². The van der Waals surface area contributed by atoms with Crippen LogP contribution in [-0.4, -0.2) is 26.2 Å². The molecule has 0 N–H and O–H groups in total. The Morgan fingerprint density at radius 1 is 1.35 bits per heavy atom. The molecule has 1 aromatic rings. The summed E-state index contributed by atoms with van der Waals surface area (Å²) in [5, 5.41) is 10.4. The van der Waals surface area contributed by atoms with Gasteiger partial charge >= 0.3 is 0 Å². The van der Waals surface area contributed by atoms with E-state index in [4.69, 9.17) is 0 Å². The van der Waals surface area contributed by atoms with Crippen LogP contribution in [0.2, 0.25) is 0 Å². The number of nitro groups is 1. The van der Waals surface area contributed by atoms with Gasteiger partial charge in [-0.05, 0) is 12.1 Å². The monoisotopic (exact) mass is 255 g/mol. The second-order valence-electron chi connectivity index (χ2n) is 3.07. The first kappa shape index (κ1) is 13.2. The second-order valence-corrected chi connectivity index (χ2v) is 4.72. The molecule has 1 rings (SSSR count). The van der Waals surface area contributed by atoms with E-state index in [9.17, 15) is 18.5 Å². The van der Waals surface area contributed by atoms with Crippen molar-refractivity contribution in [3.8, 4) is 11.8 Å². The Bertz CT molecular complexity index is 565. The summed E-state index contributed by atoms with van der Waals surface area (Å²) in [6, 6.07) is 5.60. The molecule has 0 saturated carbocycles. The van der Waals surface area contributed by atoms with Crippen LogP contribution in [0.15, 0.2) is 24.3 Å². The van der Waals surface area contributed by atoms with Crippen LogP contribution < -0.4 is 0 Å². The van der Waals surface area contributed by atoms with Gasteiger partial charge in [-0.2, -0.15) is 8.42 Å². The van der Waals surface area contributed by atoms with E-state index in [1.165, 1.54) is 24.3 Å². The van der Waals surface area contributed by atoms with Crippen molar-refractivity contribution < 1.29 is 17.5 Å². The van der Waals surface area contributed by atoms with Crippen LogP contribution in [-0.2, 0) is 14.3 Å². The molecule has 0 amide bonds. The van der Waals surface area contributed by atoms with E-state index in [2.05, 4.69) is 16.0 Å². The predicted octanol–water partition coefficient (Wildman–Crippen LogP) is 0.923. The molecule has 0 aliphatic rings. The number of hydrogen-bond acceptors (Lipinski definition) is 5. The Morgan fingerprint density at radius 3 is 2.41 bits per heavy atom. The first-order valence-electron chi connectivity index (χ1n) is 4.46. The lowest BCUT2D eigenvalue weighted by Gasteiger charge is -1.93. The van der Waals surface area contributed by atoms with Crippen molar-refractivity contribution in [1.82, 2.24) is 0 Å². The van der Waals surface area contributed by atoms with E-state index >= 15 is 0 Å². The molecule has 6 nitrogen and oxygen atoms in total. The van der Waals surface area contributed by atoms with Crippen molar-refractivity contribution in [1.29, 1.82) is 0 Å². The van der Waals surface area contributed by atoms with Gasteiger partial charge in [-0.3, -0.25) is 14.3 Å². The Balaban J connectivity index is 2.64. The summed E-state index contributed by atoms with van der Waals surface area (Å²) >= 11 is 0. The minimum Gasteiger partial charge on any atom is -0.258 e. The number of hydrogen-bond donors (Lipinski definition) is 0. The molecular weight excluding hydrogens is 246 g/mol. The lowest BCUT2D eigenvalue weighted by Crippen LogP contribution is -2.02. The van der Waals surface area contributed by atoms with Crippen molar-refractivity contribution in [3.05, 3.63) is 39.9 Å². The third kappa shape index (κ3) is 5.10. The van der Waals surface area contributed by atoms with Crippen molar-refractivity contribution in [2.45, 2.75) is 0 Å². The molecular formula is C10H9NO5S. The molecule has 0 aromatic heterocycles. The average molecular weight is 255 g/mol. The Kier molecular flexibility index (Phi) is 4.20. The van der Waals surface area contributed by atoms with Gasteiger partial charge in [0.2, 0.25) is 0 Å². The summed E-state index contributed by atoms with van der Waals surface area (Å²) in [7, 11) is -3.49. The van der Waals surface area contributed by atoms with Crippen LogP contribution in [0.5, 0.6) is 0 Å². The zero-order valence-electron chi connectivity index (χ0n) is 8.91. The topological polar surface area (TPSA) is 86.5 Å². The minimum atomic E-state index is -3.49. The van der Waals surface area contributed by atoms with Crippen molar-refractivity contribution in [2.24, 2.45) is 0 Å². The lowest BCUT2D eigenvalue weighted by molar-refractivity contribution is -0.384. The highest BCUT2D eigenvalue weighted by molar-refractivity contribution is 7.85. The predicted molar refractivity (Wildman–Crippen MR) is 60.8 cm³/mol. The van der Waals surface area contributed by atoms with Gasteiger partial charge in [0.05, 0.1) is 11.2 Å². The van der Waals surface area contributed by atoms with Crippen molar-refractivity contribution in [2.75, 3.05) is 12.9 Å². The van der Waals surface area contributed by atoms with E-state index in [1.54, 1.807) is 0 Å². The Morgan fingerprint density at radius 2 is 1.94 bits per heavy atom. The van der Waals surface area contributed by atoms with Gasteiger partial charge in [0, 0.05) is 17.7 Å². The lowest BCUT2D eigenvalue weighted by atomic mass is 10.2. The van der Waals surface area contributed by atoms with Gasteiger partial charge in [0.1, 0.15) is 6.61 Å². The van der Waals surface area contributed by atoms with Gasteiger partial charge < -0.3 is 0 Å². The van der Waals surface area contributed by atoms with E-state index < -0.39 is 15.0 Å². The molecule has 0 aliphatic heterocycles. The van der Waals surface area contributed by atoms with Crippen LogP contribution in [0.1, 0.15) is 5.56 Å². The Hall–Kier alpha value is -1.91. The molecule has 0 unspecified atom stereocenters. The highest BCUT2D eigenvalue weighted by atomic mass is 32.2. The molecule has 90 valence electrons. The molecule has 17 heavy (non-hydrogen) atoms. The zero-order chi connectivity index (χ0) is 12.9. The number of benzene rings is 1. The number of rotatable bonds is 3. The molecule has 0 saturated heterocycles. The Labute approximate surface area is 98.5 Å². The highest BCUT2D eigenvalue weighted by Crippen LogP contribution is 2.10. The number of non-ortho nitro benzene ring substituents is 1. The fraction of sp³-hybridized carbons (Fsp3) is 0.200. The van der Waals surface area contributed by atoms with Crippen LogP contribution >= 0.6 is 0 Å². The first-order chi connectivity index (χ1) is 7.88. The molecule has 0 spiro atoms. The zero-order valence-corrected chi connectivity index (χ0v) is 9.73. The number of nitrogens with zero attached hydrogens (tertiary/aromatic N) is 1. The third-order valence-corrected chi connectivity index (χ3v) is 2.20. The molecule has 7 heteroatoms. The van der Waals surface area contributed by atoms with Crippen LogP contribution in [0, 0.1) is 22.0 Å². The fourth-order valence-electron chi connectivity index (χ4n) is 0.941. The quantitative estimate of drug-likeness (QED) is 0.347. The first-order valence-corrected chi connectivity index (χ1v) is 6.28. The fourth-order valence-corrected chi connectivity index (χ4v) is 1.21. The molecule has 0 atom stereocenters. The van der Waals surface area contributed by atoms with Gasteiger partial charge in [-0.1, -0.05) is 11.8 Å². The standard InChI is InChI=1S/C10H9NO5S/c1-17(14,15)16-8-2-3-9-4-6-10(7-5-9)11(12)13/h4-7H,8H2,1H3. The largest absolute Gasteiger partial charge is 0.269 e. The van der Waals surface area contributed by atoms with E-state index in [0.29, 0.717) is 5.56 Å². The maximum absolute atomic E-state index is 10.6. The molecule has 0 aliphatic carbocycles. The molecule has 1 aromatic carbocycles. The smallest absolute Gasteiger partial charge is 0.258 e. The summed E-state index contributed by atoms with van der Waals surface area (Å²) < 4.78 is 25.6.